The van der Waals surface area contributed by atoms with Crippen LogP contribution in [0.4, 0.5) is 17.1 Å². The molecule has 3 rings (SSSR count). The molecule has 0 saturated heterocycles. The van der Waals surface area contributed by atoms with Gasteiger partial charge in [-0.05, 0) is 47.9 Å². The number of hydrogen-bond donors (Lipinski definition) is 0. The van der Waals surface area contributed by atoms with Gasteiger partial charge in [0.15, 0.2) is 9.84 Å². The van der Waals surface area contributed by atoms with Gasteiger partial charge in [0.05, 0.1) is 23.4 Å². The second-order valence-corrected chi connectivity index (χ2v) is 9.71. The van der Waals surface area contributed by atoms with E-state index in [1.807, 2.05) is 69.2 Å². The first-order chi connectivity index (χ1) is 12.1. The van der Waals surface area contributed by atoms with Crippen LogP contribution in [-0.2, 0) is 9.84 Å². The van der Waals surface area contributed by atoms with Gasteiger partial charge in [0.25, 0.3) is 0 Å². The minimum absolute atomic E-state index is 0.126. The summed E-state index contributed by atoms with van der Waals surface area (Å²) in [5, 5.41) is 0. The minimum atomic E-state index is -3.37. The van der Waals surface area contributed by atoms with Crippen LogP contribution >= 0.6 is 0 Å². The smallest absolute Gasteiger partial charge is 0.181 e. The average Bonchev–Trinajstić information content (AvgIpc) is 2.66. The van der Waals surface area contributed by atoms with Crippen molar-refractivity contribution in [3.8, 4) is 5.75 Å². The van der Waals surface area contributed by atoms with Crippen LogP contribution in [0.15, 0.2) is 47.4 Å². The van der Waals surface area contributed by atoms with E-state index in [-0.39, 0.29) is 11.2 Å². The van der Waals surface area contributed by atoms with Gasteiger partial charge >= 0.3 is 0 Å². The maximum atomic E-state index is 13.0. The molecule has 2 aromatic carbocycles. The van der Waals surface area contributed by atoms with Crippen LogP contribution in [0.25, 0.3) is 0 Å². The van der Waals surface area contributed by atoms with Gasteiger partial charge in [0.1, 0.15) is 5.75 Å². The van der Waals surface area contributed by atoms with Gasteiger partial charge in [0, 0.05) is 32.0 Å². The zero-order chi connectivity index (χ0) is 19.1. The molecule has 0 unspecified atom stereocenters. The predicted octanol–water partition coefficient (Wildman–Crippen LogP) is 3.71. The average molecular weight is 375 g/mol. The molecule has 26 heavy (non-hydrogen) atoms. The summed E-state index contributed by atoms with van der Waals surface area (Å²) in [6, 6.07) is 13.3. The van der Waals surface area contributed by atoms with Gasteiger partial charge in [0.2, 0.25) is 0 Å². The molecule has 0 fully saturated rings. The Morgan fingerprint density at radius 1 is 1.08 bits per heavy atom. The lowest BCUT2D eigenvalue weighted by Gasteiger charge is -2.31. The standard InChI is InChI=1S/C20H26N2O3S/c1-20(2)13-22(15-6-9-17(25-5)10-7-15)18-12-16(21(3)4)8-11-19(18)26(23,24)14-20/h6-12H,13-14H2,1-5H3. The lowest BCUT2D eigenvalue weighted by Crippen LogP contribution is -2.33. The molecule has 0 spiro atoms. The van der Waals surface area contributed by atoms with Crippen LogP contribution in [-0.4, -0.2) is 41.9 Å². The van der Waals surface area contributed by atoms with Crippen molar-refractivity contribution in [2.45, 2.75) is 18.7 Å². The summed E-state index contributed by atoms with van der Waals surface area (Å²) in [6.45, 7) is 4.61. The van der Waals surface area contributed by atoms with E-state index in [9.17, 15) is 8.42 Å². The molecular weight excluding hydrogens is 348 g/mol. The van der Waals surface area contributed by atoms with E-state index < -0.39 is 9.84 Å². The largest absolute Gasteiger partial charge is 0.497 e. The highest BCUT2D eigenvalue weighted by molar-refractivity contribution is 7.91. The lowest BCUT2D eigenvalue weighted by molar-refractivity contribution is 0.414. The van der Waals surface area contributed by atoms with Crippen LogP contribution in [0.5, 0.6) is 5.75 Å². The molecule has 0 amide bonds. The summed E-state index contributed by atoms with van der Waals surface area (Å²) in [5.74, 6) is 0.902. The first kappa shape index (κ1) is 18.6. The van der Waals surface area contributed by atoms with Crippen molar-refractivity contribution >= 4 is 26.9 Å². The Morgan fingerprint density at radius 2 is 1.73 bits per heavy atom. The molecule has 0 radical (unpaired) electrons. The molecule has 0 atom stereocenters. The van der Waals surface area contributed by atoms with Gasteiger partial charge in [-0.1, -0.05) is 13.8 Å². The Labute approximate surface area is 156 Å². The molecule has 1 aliphatic rings. The molecule has 0 aromatic heterocycles. The minimum Gasteiger partial charge on any atom is -0.497 e. The van der Waals surface area contributed by atoms with Gasteiger partial charge in [-0.2, -0.15) is 0 Å². The van der Waals surface area contributed by atoms with Crippen molar-refractivity contribution in [3.63, 3.8) is 0 Å². The number of fused-ring (bicyclic) bond motifs is 1. The zero-order valence-electron chi connectivity index (χ0n) is 16.0. The fraction of sp³-hybridized carbons (Fsp3) is 0.400. The maximum Gasteiger partial charge on any atom is 0.181 e. The first-order valence-electron chi connectivity index (χ1n) is 8.59. The summed E-state index contributed by atoms with van der Waals surface area (Å²) in [6.07, 6.45) is 0. The van der Waals surface area contributed by atoms with Crippen molar-refractivity contribution in [2.75, 3.05) is 43.3 Å². The number of hydrogen-bond acceptors (Lipinski definition) is 5. The van der Waals surface area contributed by atoms with E-state index in [1.165, 1.54) is 0 Å². The highest BCUT2D eigenvalue weighted by Crippen LogP contribution is 2.41. The number of rotatable bonds is 3. The summed E-state index contributed by atoms with van der Waals surface area (Å²) >= 11 is 0. The number of methoxy groups -OCH3 is 1. The van der Waals surface area contributed by atoms with Crippen molar-refractivity contribution < 1.29 is 13.2 Å². The van der Waals surface area contributed by atoms with E-state index in [0.717, 1.165) is 22.8 Å². The number of ether oxygens (including phenoxy) is 1. The Bertz CT molecular complexity index is 903. The zero-order valence-corrected chi connectivity index (χ0v) is 16.8. The highest BCUT2D eigenvalue weighted by atomic mass is 32.2. The fourth-order valence-electron chi connectivity index (χ4n) is 3.40. The van der Waals surface area contributed by atoms with Crippen molar-refractivity contribution in [1.29, 1.82) is 0 Å². The maximum absolute atomic E-state index is 13.0. The Morgan fingerprint density at radius 3 is 2.31 bits per heavy atom. The third kappa shape index (κ3) is 3.51. The monoisotopic (exact) mass is 374 g/mol. The normalized spacial score (nSPS) is 18.0. The van der Waals surface area contributed by atoms with Gasteiger partial charge in [-0.3, -0.25) is 0 Å². The van der Waals surface area contributed by atoms with E-state index in [0.29, 0.717) is 11.4 Å². The van der Waals surface area contributed by atoms with Gasteiger partial charge in [-0.15, -0.1) is 0 Å². The Balaban J connectivity index is 2.22. The molecule has 0 aliphatic carbocycles. The first-order valence-corrected chi connectivity index (χ1v) is 10.2. The third-order valence-corrected chi connectivity index (χ3v) is 6.81. The van der Waals surface area contributed by atoms with E-state index >= 15 is 0 Å². The molecule has 5 nitrogen and oxygen atoms in total. The van der Waals surface area contributed by atoms with E-state index in [1.54, 1.807) is 13.2 Å². The molecule has 2 aromatic rings. The van der Waals surface area contributed by atoms with Crippen molar-refractivity contribution in [1.82, 2.24) is 0 Å². The van der Waals surface area contributed by atoms with Crippen molar-refractivity contribution in [2.24, 2.45) is 5.41 Å². The van der Waals surface area contributed by atoms with Crippen LogP contribution in [0.2, 0.25) is 0 Å². The number of benzene rings is 2. The number of sulfone groups is 1. The Hall–Kier alpha value is -2.21. The third-order valence-electron chi connectivity index (χ3n) is 4.64. The second kappa shape index (κ2) is 6.50. The lowest BCUT2D eigenvalue weighted by atomic mass is 9.95. The second-order valence-electron chi connectivity index (χ2n) is 7.75. The fourth-order valence-corrected chi connectivity index (χ4v) is 5.44. The molecule has 140 valence electrons. The number of nitrogens with zero attached hydrogens (tertiary/aromatic N) is 2. The molecule has 0 bridgehead atoms. The topological polar surface area (TPSA) is 49.9 Å². The summed E-state index contributed by atoms with van der Waals surface area (Å²) < 4.78 is 31.3. The summed E-state index contributed by atoms with van der Waals surface area (Å²) in [4.78, 5) is 4.48. The molecule has 0 saturated carbocycles. The summed E-state index contributed by atoms with van der Waals surface area (Å²) in [5.41, 5.74) is 2.27. The predicted molar refractivity (Wildman–Crippen MR) is 107 cm³/mol. The van der Waals surface area contributed by atoms with Gasteiger partial charge < -0.3 is 14.5 Å². The highest BCUT2D eigenvalue weighted by Gasteiger charge is 2.37. The summed E-state index contributed by atoms with van der Waals surface area (Å²) in [7, 11) is 2.17. The van der Waals surface area contributed by atoms with E-state index in [4.69, 9.17) is 4.74 Å². The van der Waals surface area contributed by atoms with Crippen LogP contribution in [0, 0.1) is 5.41 Å². The molecular formula is C20H26N2O3S. The van der Waals surface area contributed by atoms with Gasteiger partial charge in [-0.25, -0.2) is 8.42 Å². The van der Waals surface area contributed by atoms with Crippen LogP contribution in [0.3, 0.4) is 0 Å². The molecule has 6 heteroatoms. The van der Waals surface area contributed by atoms with E-state index in [2.05, 4.69) is 4.90 Å². The molecule has 1 aliphatic heterocycles. The quantitative estimate of drug-likeness (QED) is 0.820. The molecule has 1 heterocycles. The number of anilines is 3. The van der Waals surface area contributed by atoms with Crippen molar-refractivity contribution in [3.05, 3.63) is 42.5 Å². The van der Waals surface area contributed by atoms with Crippen LogP contribution < -0.4 is 14.5 Å². The van der Waals surface area contributed by atoms with Crippen LogP contribution in [0.1, 0.15) is 13.8 Å². The Kier molecular flexibility index (Phi) is 4.65. The SMILES string of the molecule is COc1ccc(N2CC(C)(C)CS(=O)(=O)c3ccc(N(C)C)cc32)cc1. The molecule has 0 N–H and O–H groups in total.